The van der Waals surface area contributed by atoms with Crippen LogP contribution in [0.5, 0.6) is 0 Å². The standard InChI is InChI=1S/C14H18N2O4S/c1-8-7-10(13(20)15-6-2-3-11(17)18)14(21-8)16-12(19)9-4-5-9/h7,9H,2-6H2,1H3,(H,15,20)(H,16,19)(H,17,18). The van der Waals surface area contributed by atoms with Gasteiger partial charge in [0.1, 0.15) is 5.00 Å². The zero-order valence-corrected chi connectivity index (χ0v) is 12.6. The molecule has 3 N–H and O–H groups in total. The molecule has 0 radical (unpaired) electrons. The van der Waals surface area contributed by atoms with Gasteiger partial charge >= 0.3 is 5.97 Å². The Hall–Kier alpha value is -1.89. The Kier molecular flexibility index (Phi) is 4.95. The number of rotatable bonds is 7. The summed E-state index contributed by atoms with van der Waals surface area (Å²) in [4.78, 5) is 35.2. The lowest BCUT2D eigenvalue weighted by Gasteiger charge is -2.06. The van der Waals surface area contributed by atoms with Gasteiger partial charge in [0, 0.05) is 23.8 Å². The van der Waals surface area contributed by atoms with Gasteiger partial charge in [-0.25, -0.2) is 0 Å². The molecular formula is C14H18N2O4S. The number of hydrogen-bond donors (Lipinski definition) is 3. The van der Waals surface area contributed by atoms with E-state index in [1.165, 1.54) is 11.3 Å². The molecule has 1 saturated carbocycles. The van der Waals surface area contributed by atoms with Crippen LogP contribution in [-0.2, 0) is 9.59 Å². The van der Waals surface area contributed by atoms with Crippen molar-refractivity contribution < 1.29 is 19.5 Å². The summed E-state index contributed by atoms with van der Waals surface area (Å²) in [6.07, 6.45) is 2.22. The molecule has 1 aliphatic carbocycles. The molecule has 1 aliphatic rings. The summed E-state index contributed by atoms with van der Waals surface area (Å²) in [6, 6.07) is 1.74. The fraction of sp³-hybridized carbons (Fsp3) is 0.500. The van der Waals surface area contributed by atoms with Crippen LogP contribution in [0.3, 0.4) is 0 Å². The van der Waals surface area contributed by atoms with E-state index in [1.54, 1.807) is 6.07 Å². The summed E-state index contributed by atoms with van der Waals surface area (Å²) in [5, 5.41) is 14.6. The highest BCUT2D eigenvalue weighted by molar-refractivity contribution is 7.16. The van der Waals surface area contributed by atoms with Crippen LogP contribution in [0.4, 0.5) is 5.00 Å². The van der Waals surface area contributed by atoms with Crippen molar-refractivity contribution in [3.05, 3.63) is 16.5 Å². The highest BCUT2D eigenvalue weighted by Gasteiger charge is 2.30. The Morgan fingerprint density at radius 1 is 1.38 bits per heavy atom. The molecule has 1 aromatic rings. The number of nitrogens with one attached hydrogen (secondary N) is 2. The van der Waals surface area contributed by atoms with Gasteiger partial charge < -0.3 is 15.7 Å². The molecule has 6 nitrogen and oxygen atoms in total. The SMILES string of the molecule is Cc1cc(C(=O)NCCCC(=O)O)c(NC(=O)C2CC2)s1. The number of aryl methyl sites for hydroxylation is 1. The van der Waals surface area contributed by atoms with Gasteiger partial charge in [-0.1, -0.05) is 0 Å². The van der Waals surface area contributed by atoms with Crippen LogP contribution in [0.25, 0.3) is 0 Å². The molecule has 1 heterocycles. The third kappa shape index (κ3) is 4.56. The third-order valence-electron chi connectivity index (χ3n) is 3.14. The van der Waals surface area contributed by atoms with E-state index in [0.29, 0.717) is 23.5 Å². The van der Waals surface area contributed by atoms with Crippen molar-refractivity contribution in [2.24, 2.45) is 5.92 Å². The Labute approximate surface area is 126 Å². The lowest BCUT2D eigenvalue weighted by Crippen LogP contribution is -2.26. The van der Waals surface area contributed by atoms with Gasteiger partial charge in [0.15, 0.2) is 0 Å². The molecule has 0 atom stereocenters. The van der Waals surface area contributed by atoms with E-state index in [1.807, 2.05) is 6.92 Å². The summed E-state index contributed by atoms with van der Waals surface area (Å²) in [5.74, 6) is -1.11. The monoisotopic (exact) mass is 310 g/mol. The van der Waals surface area contributed by atoms with Crippen LogP contribution in [-0.4, -0.2) is 29.4 Å². The van der Waals surface area contributed by atoms with E-state index in [9.17, 15) is 14.4 Å². The summed E-state index contributed by atoms with van der Waals surface area (Å²) in [5.41, 5.74) is 0.446. The maximum Gasteiger partial charge on any atom is 0.303 e. The molecule has 0 aliphatic heterocycles. The molecule has 0 bridgehead atoms. The zero-order chi connectivity index (χ0) is 15.4. The molecule has 2 rings (SSSR count). The number of anilines is 1. The average Bonchev–Trinajstić information content (AvgIpc) is 3.19. The Bertz CT molecular complexity index is 563. The van der Waals surface area contributed by atoms with Gasteiger partial charge in [-0.3, -0.25) is 14.4 Å². The number of aliphatic carboxylic acids is 1. The average molecular weight is 310 g/mol. The van der Waals surface area contributed by atoms with Gasteiger partial charge in [0.05, 0.1) is 5.56 Å². The fourth-order valence-corrected chi connectivity index (χ4v) is 2.78. The maximum absolute atomic E-state index is 12.1. The molecule has 0 unspecified atom stereocenters. The number of hydrogen-bond acceptors (Lipinski definition) is 4. The highest BCUT2D eigenvalue weighted by atomic mass is 32.1. The lowest BCUT2D eigenvalue weighted by molar-refractivity contribution is -0.137. The predicted molar refractivity (Wildman–Crippen MR) is 79.6 cm³/mol. The molecule has 114 valence electrons. The zero-order valence-electron chi connectivity index (χ0n) is 11.8. The van der Waals surface area contributed by atoms with Crippen LogP contribution in [0.2, 0.25) is 0 Å². The van der Waals surface area contributed by atoms with E-state index in [4.69, 9.17) is 5.11 Å². The van der Waals surface area contributed by atoms with E-state index >= 15 is 0 Å². The quantitative estimate of drug-likeness (QED) is 0.671. The Balaban J connectivity index is 1.92. The van der Waals surface area contributed by atoms with Crippen molar-refractivity contribution in [1.29, 1.82) is 0 Å². The van der Waals surface area contributed by atoms with Crippen molar-refractivity contribution >= 4 is 34.1 Å². The number of carbonyl (C=O) groups excluding carboxylic acids is 2. The van der Waals surface area contributed by atoms with Crippen molar-refractivity contribution in [2.75, 3.05) is 11.9 Å². The maximum atomic E-state index is 12.1. The lowest BCUT2D eigenvalue weighted by atomic mass is 10.2. The van der Waals surface area contributed by atoms with Crippen molar-refractivity contribution in [2.45, 2.75) is 32.6 Å². The number of carboxylic acid groups (broad SMARTS) is 1. The first-order chi connectivity index (χ1) is 9.97. The second-order valence-corrected chi connectivity index (χ2v) is 6.37. The Morgan fingerprint density at radius 2 is 2.10 bits per heavy atom. The minimum Gasteiger partial charge on any atom is -0.481 e. The third-order valence-corrected chi connectivity index (χ3v) is 4.10. The number of thiophene rings is 1. The normalized spacial score (nSPS) is 13.8. The molecule has 1 aromatic heterocycles. The highest BCUT2D eigenvalue weighted by Crippen LogP contribution is 2.33. The largest absolute Gasteiger partial charge is 0.481 e. The van der Waals surface area contributed by atoms with E-state index < -0.39 is 5.97 Å². The van der Waals surface area contributed by atoms with Crippen molar-refractivity contribution in [3.63, 3.8) is 0 Å². The molecule has 0 saturated heterocycles. The van der Waals surface area contributed by atoms with E-state index in [2.05, 4.69) is 10.6 Å². The summed E-state index contributed by atoms with van der Waals surface area (Å²) in [7, 11) is 0. The van der Waals surface area contributed by atoms with Crippen LogP contribution in [0, 0.1) is 12.8 Å². The molecule has 7 heteroatoms. The number of carbonyl (C=O) groups is 3. The van der Waals surface area contributed by atoms with Crippen LogP contribution >= 0.6 is 11.3 Å². The molecule has 2 amide bonds. The minimum atomic E-state index is -0.881. The topological polar surface area (TPSA) is 95.5 Å². The van der Waals surface area contributed by atoms with Gasteiger partial charge in [0.2, 0.25) is 5.91 Å². The van der Waals surface area contributed by atoms with Gasteiger partial charge in [0.25, 0.3) is 5.91 Å². The fourth-order valence-electron chi connectivity index (χ4n) is 1.87. The predicted octanol–water partition coefficient (Wildman–Crippen LogP) is 2.00. The summed E-state index contributed by atoms with van der Waals surface area (Å²) in [6.45, 7) is 2.18. The minimum absolute atomic E-state index is 0.0220. The Morgan fingerprint density at radius 3 is 2.71 bits per heavy atom. The van der Waals surface area contributed by atoms with E-state index in [-0.39, 0.29) is 24.2 Å². The van der Waals surface area contributed by atoms with Crippen LogP contribution in [0.15, 0.2) is 6.07 Å². The number of carboxylic acids is 1. The van der Waals surface area contributed by atoms with Crippen LogP contribution < -0.4 is 10.6 Å². The van der Waals surface area contributed by atoms with Crippen LogP contribution in [0.1, 0.15) is 40.9 Å². The first kappa shape index (κ1) is 15.5. The van der Waals surface area contributed by atoms with Gasteiger partial charge in [-0.15, -0.1) is 11.3 Å². The molecular weight excluding hydrogens is 292 g/mol. The smallest absolute Gasteiger partial charge is 0.303 e. The molecule has 1 fully saturated rings. The van der Waals surface area contributed by atoms with Gasteiger partial charge in [-0.05, 0) is 32.3 Å². The molecule has 0 aromatic carbocycles. The first-order valence-electron chi connectivity index (χ1n) is 6.88. The molecule has 21 heavy (non-hydrogen) atoms. The van der Waals surface area contributed by atoms with E-state index in [0.717, 1.165) is 17.7 Å². The second-order valence-electron chi connectivity index (χ2n) is 5.12. The van der Waals surface area contributed by atoms with Gasteiger partial charge in [-0.2, -0.15) is 0 Å². The summed E-state index contributed by atoms with van der Waals surface area (Å²) < 4.78 is 0. The summed E-state index contributed by atoms with van der Waals surface area (Å²) >= 11 is 1.37. The molecule has 0 spiro atoms. The first-order valence-corrected chi connectivity index (χ1v) is 7.70. The second kappa shape index (κ2) is 6.71. The number of amides is 2. The van der Waals surface area contributed by atoms with Crippen molar-refractivity contribution in [1.82, 2.24) is 5.32 Å². The van der Waals surface area contributed by atoms with Crippen molar-refractivity contribution in [3.8, 4) is 0 Å².